The fraction of sp³-hybridized carbons (Fsp3) is 0.379. The molecule has 8 heteroatoms. The number of pyridine rings is 1. The maximum Gasteiger partial charge on any atom is 0.191 e. The lowest BCUT2D eigenvalue weighted by Gasteiger charge is -2.14. The Labute approximate surface area is 221 Å². The third-order valence-electron chi connectivity index (χ3n) is 7.44. The summed E-state index contributed by atoms with van der Waals surface area (Å²) in [5, 5.41) is 20.2. The molecule has 0 saturated heterocycles. The van der Waals surface area contributed by atoms with Crippen molar-refractivity contribution in [3.63, 3.8) is 0 Å². The van der Waals surface area contributed by atoms with Crippen molar-refractivity contribution >= 4 is 39.3 Å². The molecule has 1 unspecified atom stereocenters. The zero-order valence-corrected chi connectivity index (χ0v) is 22.4. The van der Waals surface area contributed by atoms with E-state index in [1.54, 1.807) is 11.8 Å². The molecule has 0 radical (unpaired) electrons. The normalized spacial score (nSPS) is 15.6. The third-order valence-corrected chi connectivity index (χ3v) is 8.55. The van der Waals surface area contributed by atoms with Gasteiger partial charge in [0.25, 0.3) is 0 Å². The van der Waals surface area contributed by atoms with Crippen molar-refractivity contribution in [3.05, 3.63) is 59.4 Å². The fourth-order valence-electron chi connectivity index (χ4n) is 5.33. The zero-order valence-electron chi connectivity index (χ0n) is 21.6. The van der Waals surface area contributed by atoms with Crippen LogP contribution >= 0.6 is 11.8 Å². The average Bonchev–Trinajstić information content (AvgIpc) is 3.41. The number of benzene rings is 2. The minimum absolute atomic E-state index is 0.657. The number of nitrogens with one attached hydrogen (secondary N) is 1. The van der Waals surface area contributed by atoms with E-state index in [4.69, 9.17) is 4.52 Å². The Morgan fingerprint density at radius 2 is 2.05 bits per heavy atom. The molecule has 1 aliphatic rings. The minimum atomic E-state index is 0.657. The number of aryl methyl sites for hydroxylation is 3. The molecule has 3 aromatic heterocycles. The highest BCUT2D eigenvalue weighted by Gasteiger charge is 2.19. The summed E-state index contributed by atoms with van der Waals surface area (Å²) in [6, 6.07) is 14.8. The van der Waals surface area contributed by atoms with Gasteiger partial charge in [0.2, 0.25) is 0 Å². The van der Waals surface area contributed by atoms with Gasteiger partial charge in [-0.15, -0.1) is 10.2 Å². The van der Waals surface area contributed by atoms with Gasteiger partial charge in [-0.3, -0.25) is 4.98 Å². The van der Waals surface area contributed by atoms with Crippen molar-refractivity contribution < 1.29 is 4.52 Å². The number of hydrogen-bond acceptors (Lipinski definition) is 7. The summed E-state index contributed by atoms with van der Waals surface area (Å²) in [5.41, 5.74) is 7.60. The number of rotatable bonds is 7. The fourth-order valence-corrected chi connectivity index (χ4v) is 6.20. The highest BCUT2D eigenvalue weighted by atomic mass is 32.2. The summed E-state index contributed by atoms with van der Waals surface area (Å²) in [6.45, 7) is 5.14. The minimum Gasteiger partial charge on any atom is -0.384 e. The smallest absolute Gasteiger partial charge is 0.191 e. The molecule has 0 saturated carbocycles. The quantitative estimate of drug-likeness (QED) is 0.195. The molecule has 1 aliphatic heterocycles. The summed E-state index contributed by atoms with van der Waals surface area (Å²) in [4.78, 5) is 4.67. The Morgan fingerprint density at radius 3 is 2.95 bits per heavy atom. The second-order valence-electron chi connectivity index (χ2n) is 9.95. The summed E-state index contributed by atoms with van der Waals surface area (Å²) in [5.74, 6) is 2.57. The van der Waals surface area contributed by atoms with E-state index in [0.717, 1.165) is 81.4 Å². The van der Waals surface area contributed by atoms with E-state index in [2.05, 4.69) is 80.6 Å². The molecule has 0 amide bonds. The highest BCUT2D eigenvalue weighted by molar-refractivity contribution is 7.99. The summed E-state index contributed by atoms with van der Waals surface area (Å²) >= 11 is 1.79. The second kappa shape index (κ2) is 10.2. The van der Waals surface area contributed by atoms with Crippen molar-refractivity contribution in [1.82, 2.24) is 24.9 Å². The first-order valence-corrected chi connectivity index (χ1v) is 14.1. The Morgan fingerprint density at radius 1 is 1.14 bits per heavy atom. The molecule has 37 heavy (non-hydrogen) atoms. The van der Waals surface area contributed by atoms with E-state index in [9.17, 15) is 0 Å². The molecular formula is C29H32N6OS. The van der Waals surface area contributed by atoms with Crippen molar-refractivity contribution in [2.24, 2.45) is 13.0 Å². The first-order chi connectivity index (χ1) is 18.1. The van der Waals surface area contributed by atoms with E-state index in [-0.39, 0.29) is 0 Å². The lowest BCUT2D eigenvalue weighted by Crippen LogP contribution is -2.12. The number of anilines is 1. The molecule has 2 aromatic carbocycles. The summed E-state index contributed by atoms with van der Waals surface area (Å²) < 4.78 is 7.66. The standard InChI is InChI=1S/C29H32N6OS/c1-4-24-23-15-20-12-11-19(17-30-26(20)16-27(23)36-34-24)7-6-14-37-29-33-32-28(35(29)3)22-8-5-9-25-21(22)13-10-18(2)31-25/h5,8-10,13,15-16,19,30H,4,6-7,11-12,14,17H2,1-3H3. The lowest BCUT2D eigenvalue weighted by molar-refractivity contribution is 0.447. The van der Waals surface area contributed by atoms with Crippen LogP contribution in [0.25, 0.3) is 33.3 Å². The van der Waals surface area contributed by atoms with Crippen LogP contribution in [0.3, 0.4) is 0 Å². The lowest BCUT2D eigenvalue weighted by atomic mass is 9.96. The van der Waals surface area contributed by atoms with E-state index in [1.165, 1.54) is 24.1 Å². The van der Waals surface area contributed by atoms with Gasteiger partial charge in [0.1, 0.15) is 0 Å². The predicted molar refractivity (Wildman–Crippen MR) is 150 cm³/mol. The maximum absolute atomic E-state index is 5.55. The molecular weight excluding hydrogens is 480 g/mol. The first-order valence-electron chi connectivity index (χ1n) is 13.1. The molecule has 0 bridgehead atoms. The number of aromatic nitrogens is 5. The topological polar surface area (TPSA) is 81.7 Å². The molecule has 1 N–H and O–H groups in total. The Kier molecular flexibility index (Phi) is 6.59. The second-order valence-corrected chi connectivity index (χ2v) is 11.0. The molecule has 4 heterocycles. The van der Waals surface area contributed by atoms with Gasteiger partial charge in [-0.1, -0.05) is 42.0 Å². The zero-order chi connectivity index (χ0) is 25.4. The highest BCUT2D eigenvalue weighted by Crippen LogP contribution is 2.33. The molecule has 0 aliphatic carbocycles. The molecule has 0 fully saturated rings. The van der Waals surface area contributed by atoms with E-state index >= 15 is 0 Å². The van der Waals surface area contributed by atoms with E-state index in [0.29, 0.717) is 5.92 Å². The van der Waals surface area contributed by atoms with Crippen LogP contribution in [0.4, 0.5) is 5.69 Å². The van der Waals surface area contributed by atoms with Gasteiger partial charge in [0.15, 0.2) is 16.6 Å². The van der Waals surface area contributed by atoms with Gasteiger partial charge in [0, 0.05) is 53.1 Å². The molecule has 190 valence electrons. The number of fused-ring (bicyclic) bond motifs is 3. The van der Waals surface area contributed by atoms with Crippen LogP contribution in [0.1, 0.15) is 43.1 Å². The summed E-state index contributed by atoms with van der Waals surface area (Å²) in [6.07, 6.45) is 5.54. The largest absolute Gasteiger partial charge is 0.384 e. The Balaban J connectivity index is 1.06. The molecule has 1 atom stereocenters. The van der Waals surface area contributed by atoms with Crippen LogP contribution in [-0.2, 0) is 19.9 Å². The van der Waals surface area contributed by atoms with Crippen LogP contribution in [-0.4, -0.2) is 37.2 Å². The summed E-state index contributed by atoms with van der Waals surface area (Å²) in [7, 11) is 2.06. The molecule has 6 rings (SSSR count). The van der Waals surface area contributed by atoms with Crippen LogP contribution < -0.4 is 5.32 Å². The van der Waals surface area contributed by atoms with Crippen LogP contribution in [0.15, 0.2) is 52.1 Å². The van der Waals surface area contributed by atoms with Crippen LogP contribution in [0.2, 0.25) is 0 Å². The van der Waals surface area contributed by atoms with Crippen LogP contribution in [0, 0.1) is 12.8 Å². The van der Waals surface area contributed by atoms with Gasteiger partial charge < -0.3 is 14.4 Å². The van der Waals surface area contributed by atoms with Crippen molar-refractivity contribution in [2.75, 3.05) is 17.6 Å². The maximum atomic E-state index is 5.55. The Bertz CT molecular complexity index is 1570. The molecule has 7 nitrogen and oxygen atoms in total. The molecule has 5 aromatic rings. The van der Waals surface area contributed by atoms with Crippen molar-refractivity contribution in [2.45, 2.75) is 51.1 Å². The van der Waals surface area contributed by atoms with Gasteiger partial charge >= 0.3 is 0 Å². The van der Waals surface area contributed by atoms with Gasteiger partial charge in [0.05, 0.1) is 11.2 Å². The average molecular weight is 513 g/mol. The van der Waals surface area contributed by atoms with Crippen molar-refractivity contribution in [1.29, 1.82) is 0 Å². The number of nitrogens with zero attached hydrogens (tertiary/aromatic N) is 5. The van der Waals surface area contributed by atoms with Crippen LogP contribution in [0.5, 0.6) is 0 Å². The molecule has 0 spiro atoms. The van der Waals surface area contributed by atoms with Gasteiger partial charge in [-0.2, -0.15) is 0 Å². The van der Waals surface area contributed by atoms with E-state index < -0.39 is 0 Å². The SMILES string of the molecule is CCc1noc2cc3c(cc12)CCC(CCCSc1nnc(-c2cccc4nc(C)ccc24)n1C)CN3. The monoisotopic (exact) mass is 512 g/mol. The van der Waals surface area contributed by atoms with E-state index in [1.807, 2.05) is 13.0 Å². The van der Waals surface area contributed by atoms with Gasteiger partial charge in [-0.25, -0.2) is 0 Å². The van der Waals surface area contributed by atoms with Gasteiger partial charge in [-0.05, 0) is 68.7 Å². The number of hydrogen-bond donors (Lipinski definition) is 1. The third kappa shape index (κ3) is 4.70. The first kappa shape index (κ1) is 24.0. The predicted octanol–water partition coefficient (Wildman–Crippen LogP) is 6.59. The Hall–Kier alpha value is -3.39. The number of thioether (sulfide) groups is 1. The van der Waals surface area contributed by atoms with Crippen molar-refractivity contribution in [3.8, 4) is 11.4 Å².